The lowest BCUT2D eigenvalue weighted by Crippen LogP contribution is -1.92. The molecule has 0 bridgehead atoms. The van der Waals surface area contributed by atoms with Crippen LogP contribution in [0.15, 0.2) is 558 Å². The molecule has 0 atom stereocenters. The standard InChI is InChI=1S/C50H32.2C46H30/c1-2-14-35(15-3-1)49-43-22-10-12-24-45(43)50(46-25-13-11-23-44(46)49)48-32-38(30-36-16-4-7-19-40(36)48)33-26-28-34(29-27-33)47-31-37-17-5-6-18-39(37)41-20-8-9-21-42(41)47;1-2-14-34(15-3-1)45-40-20-8-10-22-42(40)46(43-23-11-9-21-41(43)45)44-30-36(29-35-16-5-7-19-39(35)44)31-25-27-33(28-26-31)38-24-12-17-32-13-4-6-18-37(32)38;1-2-13-34(14-3-1)45-40-18-8-10-20-42(40)46(43-21-11-9-19-41(43)45)44-30-38(29-37-16-6-7-17-39(37)44)33-24-22-32(23-25-33)36-27-26-31-12-4-5-15-35(31)28-36/h1-32H;2*1-30H/i2*1D,2D,3D,14D,15D;1D,2D,3D,13D,14D. The molecule has 0 aliphatic carbocycles. The molecule has 0 aromatic heterocycles. The van der Waals surface area contributed by atoms with Crippen molar-refractivity contribution < 1.29 is 20.6 Å². The Morgan fingerprint density at radius 3 is 0.669 bits per heavy atom. The van der Waals surface area contributed by atoms with E-state index in [-0.39, 0.29) is 89.2 Å². The van der Waals surface area contributed by atoms with E-state index in [1.807, 2.05) is 109 Å². The molecule has 0 radical (unpaired) electrons. The molecule has 0 fully saturated rings. The average Bonchev–Trinajstić information content (AvgIpc) is 0.724. The van der Waals surface area contributed by atoms with Gasteiger partial charge in [0.1, 0.15) is 0 Å². The van der Waals surface area contributed by atoms with Gasteiger partial charge in [-0.3, -0.25) is 0 Å². The van der Waals surface area contributed by atoms with E-state index in [0.717, 1.165) is 180 Å². The van der Waals surface area contributed by atoms with Crippen molar-refractivity contribution in [2.24, 2.45) is 0 Å². The van der Waals surface area contributed by atoms with Gasteiger partial charge >= 0.3 is 0 Å². The predicted octanol–water partition coefficient (Wildman–Crippen LogP) is 40.1. The lowest BCUT2D eigenvalue weighted by atomic mass is 9.83. The number of fused-ring (bicyclic) bond motifs is 14. The molecule has 660 valence electrons. The second-order valence-electron chi connectivity index (χ2n) is 36.3. The highest BCUT2D eigenvalue weighted by Gasteiger charge is 2.25. The second kappa shape index (κ2) is 36.2. The van der Waals surface area contributed by atoms with Crippen LogP contribution in [0.4, 0.5) is 0 Å². The van der Waals surface area contributed by atoms with Gasteiger partial charge in [-0.15, -0.1) is 0 Å². The zero-order valence-corrected chi connectivity index (χ0v) is 77.0. The van der Waals surface area contributed by atoms with Gasteiger partial charge in [-0.25, -0.2) is 0 Å². The van der Waals surface area contributed by atoms with Crippen molar-refractivity contribution in [1.29, 1.82) is 0 Å². The molecule has 0 amide bonds. The maximum atomic E-state index is 8.94. The smallest absolute Gasteiger partial charge is 0.0622 e. The fourth-order valence-corrected chi connectivity index (χ4v) is 21.9. The van der Waals surface area contributed by atoms with Crippen LogP contribution in [0.1, 0.15) is 20.6 Å². The van der Waals surface area contributed by atoms with Gasteiger partial charge in [0, 0.05) is 0 Å². The largest absolute Gasteiger partial charge is 0.0629 e. The first-order chi connectivity index (χ1) is 76.7. The average molecular weight is 1810 g/mol. The molecule has 28 aromatic rings. The van der Waals surface area contributed by atoms with E-state index in [9.17, 15) is 0 Å². The Morgan fingerprint density at radius 2 is 0.324 bits per heavy atom. The minimum absolute atomic E-state index is 0.205. The third-order valence-corrected chi connectivity index (χ3v) is 28.4. The number of rotatable bonds is 12. The van der Waals surface area contributed by atoms with Crippen molar-refractivity contribution in [1.82, 2.24) is 0 Å². The molecule has 142 heavy (non-hydrogen) atoms. The molecule has 0 spiro atoms. The normalized spacial score (nSPS) is 13.0. The minimum Gasteiger partial charge on any atom is -0.0622 e. The summed E-state index contributed by atoms with van der Waals surface area (Å²) in [6.45, 7) is 0. The van der Waals surface area contributed by atoms with Crippen LogP contribution in [0.5, 0.6) is 0 Å². The lowest BCUT2D eigenvalue weighted by Gasteiger charge is -2.19. The van der Waals surface area contributed by atoms with E-state index in [0.29, 0.717) is 16.7 Å². The van der Waals surface area contributed by atoms with Gasteiger partial charge < -0.3 is 0 Å². The fraction of sp³-hybridized carbons (Fsp3) is 0. The summed E-state index contributed by atoms with van der Waals surface area (Å²) in [5, 5.41) is 27.2. The van der Waals surface area contributed by atoms with Gasteiger partial charge in [-0.2, -0.15) is 0 Å². The van der Waals surface area contributed by atoms with Crippen molar-refractivity contribution in [3.05, 3.63) is 558 Å². The Labute approximate surface area is 846 Å². The van der Waals surface area contributed by atoms with Crippen LogP contribution in [-0.2, 0) is 0 Å². The molecule has 0 saturated heterocycles. The topological polar surface area (TPSA) is 0 Å². The first kappa shape index (κ1) is 69.4. The monoisotopic (exact) mass is 1810 g/mol. The molecule has 28 aromatic carbocycles. The highest BCUT2D eigenvalue weighted by atomic mass is 14.3. The quantitative estimate of drug-likeness (QED) is 0.0845. The summed E-state index contributed by atoms with van der Waals surface area (Å²) >= 11 is 0. The van der Waals surface area contributed by atoms with Crippen LogP contribution in [-0.4, -0.2) is 0 Å². The highest BCUT2D eigenvalue weighted by Crippen LogP contribution is 2.52. The van der Waals surface area contributed by atoms with Crippen molar-refractivity contribution >= 4 is 140 Å². The first-order valence-corrected chi connectivity index (χ1v) is 48.0. The van der Waals surface area contributed by atoms with Crippen LogP contribution in [0, 0.1) is 0 Å². The van der Waals surface area contributed by atoms with Crippen LogP contribution in [0.3, 0.4) is 0 Å². The summed E-state index contributed by atoms with van der Waals surface area (Å²) in [4.78, 5) is 0. The molecule has 0 aliphatic rings. The number of benzene rings is 28. The SMILES string of the molecule is [2H]c1c([2H])c([2H])c(-c2c3ccccc3c(-c3cc(-c4ccc(-c5cc6ccccc6c6ccccc56)cc4)cc4ccccc34)c3ccccc23)c([2H])c1[2H].[2H]c1c([2H])c([2H])c(-c2c3ccccc3c(-c3cc(-c4ccc(-c5ccc6ccccc6c5)cc4)cc4ccccc34)c3ccccc23)c([2H])c1[2H].[2H]c1c([2H])c([2H])c(-c2c3ccccc3c(-c3cc(-c4ccc(-c5cccc6ccccc56)cc4)cc4ccccc34)c3ccccc23)c([2H])c1[2H]. The van der Waals surface area contributed by atoms with E-state index < -0.39 is 18.1 Å². The molecular formula is C142H92. The molecule has 0 aliphatic heterocycles. The zero-order valence-electron chi connectivity index (χ0n) is 92.0. The molecular weight excluding hydrogens is 1710 g/mol. The van der Waals surface area contributed by atoms with Gasteiger partial charge in [0.2, 0.25) is 0 Å². The van der Waals surface area contributed by atoms with Crippen molar-refractivity contribution in [3.8, 4) is 134 Å². The van der Waals surface area contributed by atoms with Crippen molar-refractivity contribution in [2.45, 2.75) is 0 Å². The van der Waals surface area contributed by atoms with Gasteiger partial charge in [0.25, 0.3) is 0 Å². The van der Waals surface area contributed by atoms with Gasteiger partial charge in [-0.05, 0) is 322 Å². The third kappa shape index (κ3) is 15.1. The summed E-state index contributed by atoms with van der Waals surface area (Å²) in [5.41, 5.74) is 22.6. The summed E-state index contributed by atoms with van der Waals surface area (Å²) in [5.74, 6) is 0. The van der Waals surface area contributed by atoms with E-state index in [2.05, 4.69) is 358 Å². The van der Waals surface area contributed by atoms with Crippen LogP contribution >= 0.6 is 0 Å². The molecule has 0 unspecified atom stereocenters. The Balaban J connectivity index is 0.000000117. The maximum Gasteiger partial charge on any atom is 0.0629 e. The Morgan fingerprint density at radius 1 is 0.0986 bits per heavy atom. The van der Waals surface area contributed by atoms with E-state index in [1.165, 1.54) is 59.8 Å². The van der Waals surface area contributed by atoms with Crippen LogP contribution < -0.4 is 0 Å². The fourth-order valence-electron chi connectivity index (χ4n) is 21.9. The molecule has 0 heteroatoms. The van der Waals surface area contributed by atoms with E-state index in [4.69, 9.17) is 20.6 Å². The first-order valence-electron chi connectivity index (χ1n) is 55.5. The van der Waals surface area contributed by atoms with E-state index >= 15 is 0 Å². The molecule has 0 nitrogen and oxygen atoms in total. The second-order valence-corrected chi connectivity index (χ2v) is 36.3. The van der Waals surface area contributed by atoms with Crippen molar-refractivity contribution in [2.75, 3.05) is 0 Å². The molecule has 0 heterocycles. The minimum atomic E-state index is -0.397. The van der Waals surface area contributed by atoms with Gasteiger partial charge in [0.15, 0.2) is 0 Å². The number of hydrogen-bond donors (Lipinski definition) is 0. The highest BCUT2D eigenvalue weighted by molar-refractivity contribution is 6.28. The summed E-state index contributed by atoms with van der Waals surface area (Å²) in [7, 11) is 0. The van der Waals surface area contributed by atoms with Crippen LogP contribution in [0.2, 0.25) is 0 Å². The lowest BCUT2D eigenvalue weighted by molar-refractivity contribution is 1.61. The van der Waals surface area contributed by atoms with E-state index in [1.54, 1.807) is 0 Å². The summed E-state index contributed by atoms with van der Waals surface area (Å²) in [6, 6.07) is 158. The zero-order chi connectivity index (χ0) is 107. The van der Waals surface area contributed by atoms with Crippen LogP contribution in [0.25, 0.3) is 274 Å². The van der Waals surface area contributed by atoms with Gasteiger partial charge in [-0.1, -0.05) is 509 Å². The van der Waals surface area contributed by atoms with Crippen molar-refractivity contribution in [3.63, 3.8) is 0 Å². The third-order valence-electron chi connectivity index (χ3n) is 28.4. The molecule has 0 saturated carbocycles. The predicted molar refractivity (Wildman–Crippen MR) is 612 cm³/mol. The summed E-state index contributed by atoms with van der Waals surface area (Å²) in [6.07, 6.45) is 0. The maximum absolute atomic E-state index is 8.94. The Kier molecular flexibility index (Phi) is 17.7. The molecule has 28 rings (SSSR count). The molecule has 0 N–H and O–H groups in total. The number of hydrogen-bond acceptors (Lipinski definition) is 0. The summed E-state index contributed by atoms with van der Waals surface area (Å²) < 4.78 is 129. The Hall–Kier alpha value is -18.5. The van der Waals surface area contributed by atoms with Gasteiger partial charge in [0.05, 0.1) is 20.6 Å². The Bertz CT molecular complexity index is 10600.